The molecule has 0 aromatic heterocycles. The Hall–Kier alpha value is -0.521. The Morgan fingerprint density at radius 1 is 0.256 bits per heavy atom. The number of unbranched alkanes of at least 4 members (excludes halogenated alkanes) is 45. The van der Waals surface area contributed by atoms with Crippen molar-refractivity contribution in [2.75, 3.05) is 34.5 Å². The maximum absolute atomic E-state index is 13.7. The SMILES string of the molecule is CCCCCCCC/C=C\CCCCCCCCSCC(=O)[O][Sn]([CH2]CCCCCCCCCCC)([O]C(=O)CSCCCCCCCC/C=C\CCCCCCCC)[O]C(=O)CSCCCCCCCC/C=C\CCCCCCCC. The summed E-state index contributed by atoms with van der Waals surface area (Å²) in [4.78, 5) is 41.2. The Bertz CT molecular complexity index is 1280. The molecule has 0 unspecified atom stereocenters. The van der Waals surface area contributed by atoms with Crippen molar-refractivity contribution in [2.24, 2.45) is 0 Å². The van der Waals surface area contributed by atoms with Gasteiger partial charge in [0.15, 0.2) is 0 Å². The summed E-state index contributed by atoms with van der Waals surface area (Å²) in [6.07, 6.45) is 79.5. The van der Waals surface area contributed by atoms with Gasteiger partial charge in [-0.2, -0.15) is 0 Å². The second kappa shape index (κ2) is 69.6. The molecule has 0 spiro atoms. The molecule has 0 aromatic carbocycles. The van der Waals surface area contributed by atoms with Crippen LogP contribution in [0.15, 0.2) is 36.5 Å². The van der Waals surface area contributed by atoms with Gasteiger partial charge in [-0.25, -0.2) is 0 Å². The normalized spacial score (nSPS) is 12.0. The average Bonchev–Trinajstić information content (AvgIpc) is 3.64. The van der Waals surface area contributed by atoms with Gasteiger partial charge in [0.1, 0.15) is 0 Å². The topological polar surface area (TPSA) is 78.9 Å². The molecule has 0 fully saturated rings. The summed E-state index contributed by atoms with van der Waals surface area (Å²) < 4.78 is 19.3. The molecular formula is C72H136O6S3Sn. The Morgan fingerprint density at radius 2 is 0.439 bits per heavy atom. The van der Waals surface area contributed by atoms with Crippen LogP contribution in [0.3, 0.4) is 0 Å². The minimum absolute atomic E-state index is 0.187. The van der Waals surface area contributed by atoms with Gasteiger partial charge in [0.25, 0.3) is 0 Å². The molecule has 10 heteroatoms. The zero-order valence-electron chi connectivity index (χ0n) is 54.9. The number of hydrogen-bond acceptors (Lipinski definition) is 9. The van der Waals surface area contributed by atoms with Gasteiger partial charge in [-0.15, -0.1) is 0 Å². The number of carbonyl (C=O) groups excluding carboxylic acids is 3. The van der Waals surface area contributed by atoms with Crippen molar-refractivity contribution >= 4 is 72.8 Å². The molecule has 0 N–H and O–H groups in total. The van der Waals surface area contributed by atoms with E-state index >= 15 is 0 Å². The Labute approximate surface area is 529 Å². The standard InChI is InChI=1S/3C20H38O2S.C12H25.Sn/c3*1-2-3-4-5-6-7-8-9-10-11-12-13-14-15-16-17-18-23-19-20(21)22;1-3-5-7-9-11-12-10-8-6-4-2;/h3*9-10H,2-8,11-19H2,1H3,(H,21,22);1,3-12H2,2H3;/q;;;;+3/p-3/b3*10-9-;;. The smallest absolute Gasteiger partial charge is 0.0885 e. The predicted molar refractivity (Wildman–Crippen MR) is 371 cm³/mol. The third-order valence-corrected chi connectivity index (χ3v) is 26.1. The zero-order valence-corrected chi connectivity index (χ0v) is 60.2. The fourth-order valence-corrected chi connectivity index (χ4v) is 20.5. The summed E-state index contributed by atoms with van der Waals surface area (Å²) in [6.45, 7) is 9.10. The molecule has 0 radical (unpaired) electrons. The zero-order chi connectivity index (χ0) is 59.4. The van der Waals surface area contributed by atoms with E-state index in [0.717, 1.165) is 75.0 Å². The minimum Gasteiger partial charge on any atom is -0.0885 e. The van der Waals surface area contributed by atoms with Gasteiger partial charge in [-0.05, 0) is 38.5 Å². The monoisotopic (exact) mass is 1310 g/mol. The molecular weight excluding hydrogens is 1180 g/mol. The van der Waals surface area contributed by atoms with E-state index < -0.39 is 37.5 Å². The van der Waals surface area contributed by atoms with Crippen molar-refractivity contribution in [2.45, 2.75) is 366 Å². The average molecular weight is 1310 g/mol. The van der Waals surface area contributed by atoms with E-state index in [1.807, 2.05) is 0 Å². The third-order valence-electron chi connectivity index (χ3n) is 15.7. The van der Waals surface area contributed by atoms with Crippen molar-refractivity contribution in [1.82, 2.24) is 0 Å². The van der Waals surface area contributed by atoms with Crippen LogP contribution in [-0.4, -0.2) is 72.0 Å². The quantitative estimate of drug-likeness (QED) is 0.0336. The van der Waals surface area contributed by atoms with Crippen LogP contribution in [0.25, 0.3) is 0 Å². The molecule has 0 aliphatic carbocycles. The van der Waals surface area contributed by atoms with Crippen molar-refractivity contribution in [3.63, 3.8) is 0 Å². The first-order chi connectivity index (χ1) is 40.4. The molecule has 0 rings (SSSR count). The minimum atomic E-state index is -5.03. The van der Waals surface area contributed by atoms with Crippen LogP contribution in [0, 0.1) is 0 Å². The van der Waals surface area contributed by atoms with Crippen LogP contribution in [0.1, 0.15) is 362 Å². The van der Waals surface area contributed by atoms with Gasteiger partial charge < -0.3 is 0 Å². The van der Waals surface area contributed by atoms with Crippen molar-refractivity contribution in [1.29, 1.82) is 0 Å². The second-order valence-corrected chi connectivity index (χ2v) is 34.4. The van der Waals surface area contributed by atoms with E-state index in [4.69, 9.17) is 9.22 Å². The molecule has 82 heavy (non-hydrogen) atoms. The summed E-state index contributed by atoms with van der Waals surface area (Å²) in [7, 11) is 0. The van der Waals surface area contributed by atoms with Crippen LogP contribution in [-0.2, 0) is 23.6 Å². The first kappa shape index (κ1) is 81.5. The summed E-state index contributed by atoms with van der Waals surface area (Å²) in [6, 6.07) is 0. The Balaban J connectivity index is 5.24. The molecule has 0 aliphatic rings. The van der Waals surface area contributed by atoms with Gasteiger partial charge in [0, 0.05) is 0 Å². The Kier molecular flexibility index (Phi) is 69.1. The number of rotatable bonds is 68. The van der Waals surface area contributed by atoms with E-state index in [9.17, 15) is 14.4 Å². The van der Waals surface area contributed by atoms with Crippen LogP contribution in [0.2, 0.25) is 4.44 Å². The number of thioether (sulfide) groups is 3. The summed E-state index contributed by atoms with van der Waals surface area (Å²) in [5, 5.41) is 0. The first-order valence-corrected chi connectivity index (χ1v) is 44.7. The molecule has 0 amide bonds. The van der Waals surface area contributed by atoms with Crippen LogP contribution in [0.4, 0.5) is 0 Å². The summed E-state index contributed by atoms with van der Waals surface area (Å²) in [5.41, 5.74) is 0. The molecule has 0 aromatic rings. The first-order valence-electron chi connectivity index (χ1n) is 35.8. The van der Waals surface area contributed by atoms with Crippen molar-refractivity contribution in [3.8, 4) is 0 Å². The molecule has 0 heterocycles. The maximum atomic E-state index is 13.7. The number of allylic oxidation sites excluding steroid dienone is 6. The van der Waals surface area contributed by atoms with E-state index in [0.29, 0.717) is 4.44 Å². The van der Waals surface area contributed by atoms with E-state index in [1.165, 1.54) is 276 Å². The van der Waals surface area contributed by atoms with Gasteiger partial charge in [-0.1, -0.05) is 154 Å². The fourth-order valence-electron chi connectivity index (χ4n) is 10.5. The van der Waals surface area contributed by atoms with Gasteiger partial charge in [0.05, 0.1) is 0 Å². The van der Waals surface area contributed by atoms with E-state index in [-0.39, 0.29) is 17.3 Å². The van der Waals surface area contributed by atoms with Crippen molar-refractivity contribution in [3.05, 3.63) is 36.5 Å². The third kappa shape index (κ3) is 64.0. The fraction of sp³-hybridized carbons (Fsp3) is 0.875. The predicted octanol–water partition coefficient (Wildman–Crippen LogP) is 24.8. The van der Waals surface area contributed by atoms with E-state index in [1.54, 1.807) is 35.3 Å². The Morgan fingerprint density at radius 3 is 0.659 bits per heavy atom. The number of hydrogen-bond donors (Lipinski definition) is 0. The molecule has 0 saturated carbocycles. The van der Waals surface area contributed by atoms with Crippen LogP contribution < -0.4 is 0 Å². The van der Waals surface area contributed by atoms with Gasteiger partial charge >= 0.3 is 341 Å². The molecule has 6 nitrogen and oxygen atoms in total. The van der Waals surface area contributed by atoms with Gasteiger partial charge in [-0.3, -0.25) is 0 Å². The molecule has 482 valence electrons. The summed E-state index contributed by atoms with van der Waals surface area (Å²) >= 11 is -0.252. The molecule has 0 aliphatic heterocycles. The van der Waals surface area contributed by atoms with Crippen LogP contribution in [0.5, 0.6) is 0 Å². The molecule has 0 bridgehead atoms. The number of carbonyl (C=O) groups is 3. The second-order valence-electron chi connectivity index (χ2n) is 24.0. The molecule has 0 saturated heterocycles. The summed E-state index contributed by atoms with van der Waals surface area (Å²) in [5.74, 6) is 2.03. The van der Waals surface area contributed by atoms with E-state index in [2.05, 4.69) is 64.2 Å². The molecule has 0 atom stereocenters. The van der Waals surface area contributed by atoms with Gasteiger partial charge in [0.2, 0.25) is 0 Å². The van der Waals surface area contributed by atoms with Crippen LogP contribution >= 0.6 is 35.3 Å². The van der Waals surface area contributed by atoms with Crippen molar-refractivity contribution < 1.29 is 23.6 Å².